The van der Waals surface area contributed by atoms with Crippen LogP contribution in [0.25, 0.3) is 0 Å². The number of hydrogen-bond acceptors (Lipinski definition) is 3. The average molecular weight is 448 g/mol. The monoisotopic (exact) mass is 447 g/mol. The lowest BCUT2D eigenvalue weighted by Gasteiger charge is -2.31. The van der Waals surface area contributed by atoms with E-state index in [0.717, 1.165) is 38.0 Å². The highest BCUT2D eigenvalue weighted by molar-refractivity contribution is 6.35. The van der Waals surface area contributed by atoms with Crippen molar-refractivity contribution in [3.05, 3.63) is 57.6 Å². The molecule has 0 aromatic heterocycles. The van der Waals surface area contributed by atoms with Gasteiger partial charge >= 0.3 is 0 Å². The van der Waals surface area contributed by atoms with Crippen molar-refractivity contribution < 1.29 is 9.59 Å². The molecule has 1 heterocycles. The predicted molar refractivity (Wildman–Crippen MR) is 124 cm³/mol. The fourth-order valence-corrected chi connectivity index (χ4v) is 4.02. The standard InChI is InChI=1S/C23H27Cl2N3O2/c1-3-15(2)26-23(30)20-14-19(7-8-21(20)28-9-5-4-6-10-28)27-22(29)16-11-17(24)13-18(25)12-16/h7-8,11-15H,3-6,9-10H2,1-2H3,(H,26,30)(H,27,29). The summed E-state index contributed by atoms with van der Waals surface area (Å²) in [5.74, 6) is -0.467. The number of carbonyl (C=O) groups is 2. The van der Waals surface area contributed by atoms with Crippen LogP contribution in [0.3, 0.4) is 0 Å². The third kappa shape index (κ3) is 5.67. The molecule has 1 aliphatic rings. The molecule has 1 atom stereocenters. The van der Waals surface area contributed by atoms with Crippen LogP contribution in [0.1, 0.15) is 60.2 Å². The lowest BCUT2D eigenvalue weighted by atomic mass is 10.0. The SMILES string of the molecule is CCC(C)NC(=O)c1cc(NC(=O)c2cc(Cl)cc(Cl)c2)ccc1N1CCCCC1. The topological polar surface area (TPSA) is 61.4 Å². The lowest BCUT2D eigenvalue weighted by Crippen LogP contribution is -2.35. The fourth-order valence-electron chi connectivity index (χ4n) is 3.50. The van der Waals surface area contributed by atoms with E-state index in [9.17, 15) is 9.59 Å². The first-order valence-corrected chi connectivity index (χ1v) is 11.1. The summed E-state index contributed by atoms with van der Waals surface area (Å²) in [6.45, 7) is 5.86. The molecule has 1 saturated heterocycles. The molecule has 3 rings (SSSR count). The molecule has 30 heavy (non-hydrogen) atoms. The van der Waals surface area contributed by atoms with E-state index in [0.29, 0.717) is 26.9 Å². The van der Waals surface area contributed by atoms with Gasteiger partial charge in [-0.15, -0.1) is 0 Å². The first kappa shape index (κ1) is 22.4. The van der Waals surface area contributed by atoms with E-state index in [2.05, 4.69) is 15.5 Å². The third-order valence-corrected chi connectivity index (χ3v) is 5.75. The Kier molecular flexibility index (Phi) is 7.62. The molecule has 7 heteroatoms. The number of rotatable bonds is 6. The maximum atomic E-state index is 13.0. The molecule has 160 valence electrons. The zero-order chi connectivity index (χ0) is 21.7. The van der Waals surface area contributed by atoms with Gasteiger partial charge in [-0.25, -0.2) is 0 Å². The molecule has 0 spiro atoms. The molecular formula is C23H27Cl2N3O2. The van der Waals surface area contributed by atoms with E-state index in [-0.39, 0.29) is 17.9 Å². The Morgan fingerprint density at radius 1 is 1.00 bits per heavy atom. The maximum Gasteiger partial charge on any atom is 0.255 e. The maximum absolute atomic E-state index is 13.0. The first-order valence-electron chi connectivity index (χ1n) is 10.3. The van der Waals surface area contributed by atoms with E-state index in [1.807, 2.05) is 26.0 Å². The van der Waals surface area contributed by atoms with Gasteiger partial charge in [-0.05, 0) is 69.0 Å². The van der Waals surface area contributed by atoms with Crippen LogP contribution < -0.4 is 15.5 Å². The quantitative estimate of drug-likeness (QED) is 0.590. The van der Waals surface area contributed by atoms with Crippen LogP contribution in [0, 0.1) is 0 Å². The van der Waals surface area contributed by atoms with Gasteiger partial charge in [0, 0.05) is 46.1 Å². The highest BCUT2D eigenvalue weighted by atomic mass is 35.5. The minimum Gasteiger partial charge on any atom is -0.371 e. The van der Waals surface area contributed by atoms with Crippen molar-refractivity contribution in [3.8, 4) is 0 Å². The first-order chi connectivity index (χ1) is 14.4. The largest absolute Gasteiger partial charge is 0.371 e. The van der Waals surface area contributed by atoms with Crippen LogP contribution in [0.5, 0.6) is 0 Å². The molecule has 5 nitrogen and oxygen atoms in total. The van der Waals surface area contributed by atoms with Gasteiger partial charge in [-0.1, -0.05) is 30.1 Å². The van der Waals surface area contributed by atoms with E-state index in [1.165, 1.54) is 6.42 Å². The van der Waals surface area contributed by atoms with Crippen molar-refractivity contribution in [2.75, 3.05) is 23.3 Å². The Hall–Kier alpha value is -2.24. The fraction of sp³-hybridized carbons (Fsp3) is 0.391. The molecule has 0 bridgehead atoms. The summed E-state index contributed by atoms with van der Waals surface area (Å²) >= 11 is 12.0. The highest BCUT2D eigenvalue weighted by Crippen LogP contribution is 2.28. The third-order valence-electron chi connectivity index (χ3n) is 5.31. The number of nitrogens with zero attached hydrogens (tertiary/aromatic N) is 1. The van der Waals surface area contributed by atoms with Crippen LogP contribution in [0.2, 0.25) is 10.0 Å². The Balaban J connectivity index is 1.88. The zero-order valence-corrected chi connectivity index (χ0v) is 18.8. The van der Waals surface area contributed by atoms with Crippen molar-refractivity contribution in [2.45, 2.75) is 45.6 Å². The lowest BCUT2D eigenvalue weighted by molar-refractivity contribution is 0.0938. The van der Waals surface area contributed by atoms with Crippen molar-refractivity contribution >= 4 is 46.4 Å². The second kappa shape index (κ2) is 10.2. The van der Waals surface area contributed by atoms with Gasteiger partial charge in [0.05, 0.1) is 5.56 Å². The molecule has 2 aromatic carbocycles. The summed E-state index contributed by atoms with van der Waals surface area (Å²) < 4.78 is 0. The summed E-state index contributed by atoms with van der Waals surface area (Å²) in [7, 11) is 0. The van der Waals surface area contributed by atoms with Crippen molar-refractivity contribution in [1.82, 2.24) is 5.32 Å². The number of carbonyl (C=O) groups excluding carboxylic acids is 2. The molecule has 1 aliphatic heterocycles. The molecule has 2 N–H and O–H groups in total. The van der Waals surface area contributed by atoms with E-state index >= 15 is 0 Å². The van der Waals surface area contributed by atoms with Gasteiger partial charge in [-0.3, -0.25) is 9.59 Å². The number of nitrogens with one attached hydrogen (secondary N) is 2. The van der Waals surface area contributed by atoms with E-state index < -0.39 is 0 Å². The smallest absolute Gasteiger partial charge is 0.255 e. The van der Waals surface area contributed by atoms with Gasteiger partial charge < -0.3 is 15.5 Å². The Bertz CT molecular complexity index is 906. The van der Waals surface area contributed by atoms with Gasteiger partial charge in [0.25, 0.3) is 11.8 Å². The normalized spacial score (nSPS) is 14.9. The second-order valence-electron chi connectivity index (χ2n) is 7.67. The number of anilines is 2. The van der Waals surface area contributed by atoms with Crippen LogP contribution in [0.4, 0.5) is 11.4 Å². The van der Waals surface area contributed by atoms with Gasteiger partial charge in [0.15, 0.2) is 0 Å². The Morgan fingerprint density at radius 2 is 1.67 bits per heavy atom. The molecule has 1 unspecified atom stereocenters. The minimum atomic E-state index is -0.335. The molecule has 1 fully saturated rings. The van der Waals surface area contributed by atoms with Gasteiger partial charge in [-0.2, -0.15) is 0 Å². The Labute approximate surface area is 187 Å². The molecule has 0 radical (unpaired) electrons. The number of piperidine rings is 1. The second-order valence-corrected chi connectivity index (χ2v) is 8.55. The summed E-state index contributed by atoms with van der Waals surface area (Å²) in [6.07, 6.45) is 4.28. The van der Waals surface area contributed by atoms with E-state index in [4.69, 9.17) is 23.2 Å². The summed E-state index contributed by atoms with van der Waals surface area (Å²) in [4.78, 5) is 27.9. The number of benzene rings is 2. The van der Waals surface area contributed by atoms with Crippen molar-refractivity contribution in [3.63, 3.8) is 0 Å². The van der Waals surface area contributed by atoms with Crippen LogP contribution >= 0.6 is 23.2 Å². The Morgan fingerprint density at radius 3 is 2.30 bits per heavy atom. The molecule has 0 saturated carbocycles. The summed E-state index contributed by atoms with van der Waals surface area (Å²) in [5.41, 5.74) is 2.38. The number of amides is 2. The predicted octanol–water partition coefficient (Wildman–Crippen LogP) is 5.76. The van der Waals surface area contributed by atoms with Crippen molar-refractivity contribution in [1.29, 1.82) is 0 Å². The summed E-state index contributed by atoms with van der Waals surface area (Å²) in [6, 6.07) is 10.2. The molecule has 0 aliphatic carbocycles. The minimum absolute atomic E-state index is 0.0681. The van der Waals surface area contributed by atoms with Crippen LogP contribution in [-0.4, -0.2) is 30.9 Å². The van der Waals surface area contributed by atoms with Crippen LogP contribution in [0.15, 0.2) is 36.4 Å². The van der Waals surface area contributed by atoms with Crippen molar-refractivity contribution in [2.24, 2.45) is 0 Å². The number of halogens is 2. The highest BCUT2D eigenvalue weighted by Gasteiger charge is 2.21. The molecular weight excluding hydrogens is 421 g/mol. The van der Waals surface area contributed by atoms with E-state index in [1.54, 1.807) is 24.3 Å². The van der Waals surface area contributed by atoms with Gasteiger partial charge in [0.1, 0.15) is 0 Å². The summed E-state index contributed by atoms with van der Waals surface area (Å²) in [5, 5.41) is 6.67. The zero-order valence-electron chi connectivity index (χ0n) is 17.3. The average Bonchev–Trinajstić information content (AvgIpc) is 2.73. The molecule has 2 aromatic rings. The van der Waals surface area contributed by atoms with Gasteiger partial charge in [0.2, 0.25) is 0 Å². The van der Waals surface area contributed by atoms with Crippen LogP contribution in [-0.2, 0) is 0 Å². The number of hydrogen-bond donors (Lipinski definition) is 2. The molecule has 2 amide bonds.